The number of hydrogen-bond donors (Lipinski definition) is 1. The lowest BCUT2D eigenvalue weighted by molar-refractivity contribution is 0.0949. The molecule has 1 aromatic heterocycles. The number of nitrogens with one attached hydrogen (secondary N) is 1. The lowest BCUT2D eigenvalue weighted by atomic mass is 10.1. The first-order valence-corrected chi connectivity index (χ1v) is 8.60. The van der Waals surface area contributed by atoms with Gasteiger partial charge in [0.1, 0.15) is 0 Å². The van der Waals surface area contributed by atoms with Gasteiger partial charge in [-0.05, 0) is 24.3 Å². The van der Waals surface area contributed by atoms with E-state index in [2.05, 4.69) is 10.5 Å². The van der Waals surface area contributed by atoms with Crippen LogP contribution in [-0.2, 0) is 7.05 Å². The Hall–Kier alpha value is -3.00. The largest absolute Gasteiger partial charge is 0.493 e. The number of aryl methyl sites for hydroxylation is 1. The van der Waals surface area contributed by atoms with Crippen LogP contribution in [0.5, 0.6) is 17.2 Å². The van der Waals surface area contributed by atoms with Crippen LogP contribution in [0.15, 0.2) is 41.5 Å². The van der Waals surface area contributed by atoms with Gasteiger partial charge in [-0.2, -0.15) is 0 Å². The van der Waals surface area contributed by atoms with E-state index < -0.39 is 5.91 Å². The second kappa shape index (κ2) is 7.49. The van der Waals surface area contributed by atoms with Crippen LogP contribution < -0.4 is 24.4 Å². The standard InChI is InChI=1S/C18H19N3O4S/c1-21-12-7-5-6-8-14(12)26-18(21)20-19-17(22)11-9-10-13(23-2)16(25-4)15(11)24-3/h5-10H,1-4H3,(H,19,22)/b20-18+. The van der Waals surface area contributed by atoms with E-state index in [0.717, 1.165) is 10.2 Å². The zero-order valence-corrected chi connectivity index (χ0v) is 15.7. The van der Waals surface area contributed by atoms with E-state index in [1.165, 1.54) is 32.7 Å². The highest BCUT2D eigenvalue weighted by Gasteiger charge is 2.20. The molecule has 26 heavy (non-hydrogen) atoms. The third kappa shape index (κ3) is 3.11. The van der Waals surface area contributed by atoms with Crippen LogP contribution in [0.4, 0.5) is 0 Å². The number of ether oxygens (including phenoxy) is 3. The molecule has 2 aromatic carbocycles. The molecule has 0 bridgehead atoms. The summed E-state index contributed by atoms with van der Waals surface area (Å²) in [7, 11) is 6.38. The lowest BCUT2D eigenvalue weighted by Crippen LogP contribution is -2.23. The van der Waals surface area contributed by atoms with Crippen molar-refractivity contribution in [2.24, 2.45) is 12.1 Å². The number of para-hydroxylation sites is 1. The van der Waals surface area contributed by atoms with Gasteiger partial charge in [-0.25, -0.2) is 5.43 Å². The molecule has 3 aromatic rings. The second-order valence-electron chi connectivity index (χ2n) is 5.35. The van der Waals surface area contributed by atoms with Crippen LogP contribution in [-0.4, -0.2) is 31.8 Å². The SMILES string of the molecule is COc1ccc(C(=O)N/N=c2/sc3ccccc3n2C)c(OC)c1OC. The number of aromatic nitrogens is 1. The number of carbonyl (C=O) groups excluding carboxylic acids is 1. The summed E-state index contributed by atoms with van der Waals surface area (Å²) in [6, 6.07) is 11.2. The van der Waals surface area contributed by atoms with Crippen molar-refractivity contribution < 1.29 is 19.0 Å². The van der Waals surface area contributed by atoms with E-state index in [1.807, 2.05) is 35.9 Å². The molecule has 3 rings (SSSR count). The van der Waals surface area contributed by atoms with E-state index in [1.54, 1.807) is 12.1 Å². The molecule has 0 aliphatic rings. The molecule has 0 saturated carbocycles. The second-order valence-corrected chi connectivity index (χ2v) is 6.36. The summed E-state index contributed by atoms with van der Waals surface area (Å²) >= 11 is 1.49. The predicted octanol–water partition coefficient (Wildman–Crippen LogP) is 2.51. The highest BCUT2D eigenvalue weighted by Crippen LogP contribution is 2.39. The predicted molar refractivity (Wildman–Crippen MR) is 99.9 cm³/mol. The third-order valence-electron chi connectivity index (χ3n) is 3.92. The average molecular weight is 373 g/mol. The number of hydrogen-bond acceptors (Lipinski definition) is 6. The maximum atomic E-state index is 12.6. The van der Waals surface area contributed by atoms with Crippen molar-refractivity contribution >= 4 is 27.5 Å². The number of thiazole rings is 1. The molecule has 8 heteroatoms. The van der Waals surface area contributed by atoms with E-state index in [-0.39, 0.29) is 0 Å². The van der Waals surface area contributed by atoms with Crippen LogP contribution in [0.1, 0.15) is 10.4 Å². The van der Waals surface area contributed by atoms with E-state index in [0.29, 0.717) is 27.6 Å². The average Bonchev–Trinajstić information content (AvgIpc) is 3.00. The molecule has 0 radical (unpaired) electrons. The molecule has 1 heterocycles. The summed E-state index contributed by atoms with van der Waals surface area (Å²) in [5, 5.41) is 4.25. The fourth-order valence-corrected chi connectivity index (χ4v) is 3.61. The summed E-state index contributed by atoms with van der Waals surface area (Å²) in [5.74, 6) is 0.726. The van der Waals surface area contributed by atoms with Crippen molar-refractivity contribution in [2.45, 2.75) is 0 Å². The minimum Gasteiger partial charge on any atom is -0.493 e. The van der Waals surface area contributed by atoms with E-state index in [4.69, 9.17) is 14.2 Å². The first-order valence-electron chi connectivity index (χ1n) is 7.78. The summed E-state index contributed by atoms with van der Waals surface area (Å²) in [4.78, 5) is 13.3. The van der Waals surface area contributed by atoms with Gasteiger partial charge >= 0.3 is 0 Å². The highest BCUT2D eigenvalue weighted by molar-refractivity contribution is 7.16. The first kappa shape index (κ1) is 17.8. The van der Waals surface area contributed by atoms with Crippen molar-refractivity contribution in [1.29, 1.82) is 0 Å². The van der Waals surface area contributed by atoms with Gasteiger partial charge in [-0.3, -0.25) is 4.79 Å². The monoisotopic (exact) mass is 373 g/mol. The summed E-state index contributed by atoms with van der Waals surface area (Å²) in [6.07, 6.45) is 0. The molecule has 0 saturated heterocycles. The summed E-state index contributed by atoms with van der Waals surface area (Å²) < 4.78 is 18.9. The zero-order valence-electron chi connectivity index (χ0n) is 14.9. The van der Waals surface area contributed by atoms with Gasteiger partial charge in [-0.1, -0.05) is 23.5 Å². The van der Waals surface area contributed by atoms with Gasteiger partial charge in [0.2, 0.25) is 10.6 Å². The molecule has 0 aliphatic heterocycles. The van der Waals surface area contributed by atoms with Gasteiger partial charge in [0.25, 0.3) is 5.91 Å². The Bertz CT molecular complexity index is 1020. The van der Waals surface area contributed by atoms with Crippen LogP contribution in [0.3, 0.4) is 0 Å². The smallest absolute Gasteiger partial charge is 0.275 e. The van der Waals surface area contributed by atoms with Crippen molar-refractivity contribution in [3.8, 4) is 17.2 Å². The molecule has 0 fully saturated rings. The molecule has 0 aliphatic carbocycles. The minimum atomic E-state index is -0.403. The molecular weight excluding hydrogens is 354 g/mol. The molecule has 136 valence electrons. The van der Waals surface area contributed by atoms with Crippen LogP contribution in [0, 0.1) is 0 Å². The summed E-state index contributed by atoms with van der Waals surface area (Å²) in [5.41, 5.74) is 3.93. The summed E-state index contributed by atoms with van der Waals surface area (Å²) in [6.45, 7) is 0. The molecule has 7 nitrogen and oxygen atoms in total. The number of amides is 1. The van der Waals surface area contributed by atoms with Crippen LogP contribution in [0.2, 0.25) is 0 Å². The first-order chi connectivity index (χ1) is 12.6. The molecule has 0 atom stereocenters. The maximum Gasteiger partial charge on any atom is 0.275 e. The number of nitrogens with zero attached hydrogens (tertiary/aromatic N) is 2. The maximum absolute atomic E-state index is 12.6. The molecule has 1 amide bonds. The number of carbonyl (C=O) groups is 1. The molecular formula is C18H19N3O4S. The number of methoxy groups -OCH3 is 3. The van der Waals surface area contributed by atoms with Crippen molar-refractivity contribution in [1.82, 2.24) is 9.99 Å². The Morgan fingerprint density at radius 3 is 2.42 bits per heavy atom. The number of fused-ring (bicyclic) bond motifs is 1. The third-order valence-corrected chi connectivity index (χ3v) is 5.03. The van der Waals surface area contributed by atoms with E-state index >= 15 is 0 Å². The lowest BCUT2D eigenvalue weighted by Gasteiger charge is -2.14. The molecule has 0 spiro atoms. The Balaban J connectivity index is 1.96. The highest BCUT2D eigenvalue weighted by atomic mass is 32.1. The Kier molecular flexibility index (Phi) is 5.13. The fraction of sp³-hybridized carbons (Fsp3) is 0.222. The topological polar surface area (TPSA) is 74.1 Å². The minimum absolute atomic E-state index is 0.292. The zero-order chi connectivity index (χ0) is 18.7. The molecule has 1 N–H and O–H groups in total. The molecule has 0 unspecified atom stereocenters. The van der Waals surface area contributed by atoms with Crippen molar-refractivity contribution in [3.05, 3.63) is 46.8 Å². The Morgan fingerprint density at radius 1 is 1.04 bits per heavy atom. The number of rotatable bonds is 5. The van der Waals surface area contributed by atoms with Gasteiger partial charge < -0.3 is 18.8 Å². The Morgan fingerprint density at radius 2 is 1.77 bits per heavy atom. The normalized spacial score (nSPS) is 11.5. The van der Waals surface area contributed by atoms with Crippen molar-refractivity contribution in [3.63, 3.8) is 0 Å². The quantitative estimate of drug-likeness (QED) is 0.698. The van der Waals surface area contributed by atoms with Gasteiger partial charge in [-0.15, -0.1) is 5.10 Å². The fourth-order valence-electron chi connectivity index (χ4n) is 2.63. The van der Waals surface area contributed by atoms with E-state index in [9.17, 15) is 4.79 Å². The van der Waals surface area contributed by atoms with Gasteiger partial charge in [0.15, 0.2) is 11.5 Å². The van der Waals surface area contributed by atoms with Crippen LogP contribution in [0.25, 0.3) is 10.2 Å². The number of benzene rings is 2. The van der Waals surface area contributed by atoms with Gasteiger partial charge in [0, 0.05) is 7.05 Å². The van der Waals surface area contributed by atoms with Crippen LogP contribution >= 0.6 is 11.3 Å². The van der Waals surface area contributed by atoms with Crippen molar-refractivity contribution in [2.75, 3.05) is 21.3 Å². The van der Waals surface area contributed by atoms with Gasteiger partial charge in [0.05, 0.1) is 37.1 Å². The Labute approximate surface area is 154 Å².